The molecule has 0 fully saturated rings. The standard InChI is InChI=1S/C23H24N2O2/c1-4-17(21-12-5-6-14-24-21)18-10-8-11-19(23(26)27)22(18)25-20-13-7-9-15(2)16(20)3/h5-14,17,25H,4H2,1-3H3,(H,26,27). The van der Waals surface area contributed by atoms with Gasteiger partial charge in [0.1, 0.15) is 0 Å². The van der Waals surface area contributed by atoms with Crippen LogP contribution in [0.2, 0.25) is 0 Å². The zero-order valence-electron chi connectivity index (χ0n) is 15.9. The van der Waals surface area contributed by atoms with Crippen LogP contribution in [0.25, 0.3) is 0 Å². The van der Waals surface area contributed by atoms with Gasteiger partial charge in [0.05, 0.1) is 11.3 Å². The van der Waals surface area contributed by atoms with Crippen molar-refractivity contribution in [3.05, 3.63) is 88.7 Å². The van der Waals surface area contributed by atoms with Crippen LogP contribution in [0.15, 0.2) is 60.8 Å². The molecular formula is C23H24N2O2. The van der Waals surface area contributed by atoms with Gasteiger partial charge in [0.2, 0.25) is 0 Å². The van der Waals surface area contributed by atoms with Crippen molar-refractivity contribution in [1.82, 2.24) is 4.98 Å². The number of aromatic carboxylic acids is 1. The maximum absolute atomic E-state index is 11.9. The highest BCUT2D eigenvalue weighted by molar-refractivity contribution is 5.96. The van der Waals surface area contributed by atoms with Gasteiger partial charge < -0.3 is 10.4 Å². The van der Waals surface area contributed by atoms with E-state index in [0.717, 1.165) is 34.5 Å². The predicted octanol–water partition coefficient (Wildman–Crippen LogP) is 5.68. The fourth-order valence-corrected chi connectivity index (χ4v) is 3.37. The number of benzene rings is 2. The van der Waals surface area contributed by atoms with Crippen LogP contribution in [0, 0.1) is 13.8 Å². The van der Waals surface area contributed by atoms with E-state index in [1.807, 2.05) is 56.3 Å². The van der Waals surface area contributed by atoms with Crippen molar-refractivity contribution in [2.45, 2.75) is 33.1 Å². The minimum atomic E-state index is -0.944. The van der Waals surface area contributed by atoms with Crippen molar-refractivity contribution in [2.24, 2.45) is 0 Å². The van der Waals surface area contributed by atoms with Gasteiger partial charge >= 0.3 is 5.97 Å². The van der Waals surface area contributed by atoms with Crippen LogP contribution >= 0.6 is 0 Å². The first kappa shape index (κ1) is 18.6. The Morgan fingerprint density at radius 2 is 1.85 bits per heavy atom. The van der Waals surface area contributed by atoms with Crippen molar-refractivity contribution < 1.29 is 9.90 Å². The number of nitrogens with one attached hydrogen (secondary N) is 1. The summed E-state index contributed by atoms with van der Waals surface area (Å²) >= 11 is 0. The van der Waals surface area contributed by atoms with E-state index < -0.39 is 5.97 Å². The molecule has 0 bridgehead atoms. The van der Waals surface area contributed by atoms with Gasteiger partial charge in [-0.05, 0) is 61.2 Å². The van der Waals surface area contributed by atoms with Crippen LogP contribution in [0.5, 0.6) is 0 Å². The first-order chi connectivity index (χ1) is 13.0. The number of rotatable bonds is 6. The van der Waals surface area contributed by atoms with Gasteiger partial charge in [-0.1, -0.05) is 37.3 Å². The quantitative estimate of drug-likeness (QED) is 0.593. The first-order valence-corrected chi connectivity index (χ1v) is 9.13. The molecule has 3 aromatic rings. The topological polar surface area (TPSA) is 62.2 Å². The molecule has 1 unspecified atom stereocenters. The normalized spacial score (nSPS) is 11.8. The van der Waals surface area contributed by atoms with Crippen LogP contribution < -0.4 is 5.32 Å². The lowest BCUT2D eigenvalue weighted by Gasteiger charge is -2.22. The van der Waals surface area contributed by atoms with E-state index in [0.29, 0.717) is 5.69 Å². The number of hydrogen-bond donors (Lipinski definition) is 2. The van der Waals surface area contributed by atoms with Gasteiger partial charge in [0.15, 0.2) is 0 Å². The molecule has 0 aliphatic heterocycles. The van der Waals surface area contributed by atoms with Crippen molar-refractivity contribution in [3.8, 4) is 0 Å². The number of carboxylic acid groups (broad SMARTS) is 1. The Hall–Kier alpha value is -3.14. The number of pyridine rings is 1. The zero-order valence-corrected chi connectivity index (χ0v) is 15.9. The van der Waals surface area contributed by atoms with Crippen molar-refractivity contribution in [3.63, 3.8) is 0 Å². The average Bonchev–Trinajstić information content (AvgIpc) is 2.67. The Kier molecular flexibility index (Phi) is 5.55. The van der Waals surface area contributed by atoms with Crippen LogP contribution in [-0.4, -0.2) is 16.1 Å². The molecule has 0 spiro atoms. The van der Waals surface area contributed by atoms with E-state index in [-0.39, 0.29) is 11.5 Å². The van der Waals surface area contributed by atoms with Crippen LogP contribution in [0.4, 0.5) is 11.4 Å². The maximum Gasteiger partial charge on any atom is 0.337 e. The third kappa shape index (κ3) is 3.85. The summed E-state index contributed by atoms with van der Waals surface area (Å²) < 4.78 is 0. The molecular weight excluding hydrogens is 336 g/mol. The van der Waals surface area contributed by atoms with E-state index in [4.69, 9.17) is 0 Å². The second kappa shape index (κ2) is 8.04. The highest BCUT2D eigenvalue weighted by Gasteiger charge is 2.22. The monoisotopic (exact) mass is 360 g/mol. The Bertz CT molecular complexity index is 952. The fourth-order valence-electron chi connectivity index (χ4n) is 3.37. The fraction of sp³-hybridized carbons (Fsp3) is 0.217. The summed E-state index contributed by atoms with van der Waals surface area (Å²) in [6.45, 7) is 6.18. The molecule has 0 saturated heterocycles. The van der Waals surface area contributed by atoms with Gasteiger partial charge in [-0.15, -0.1) is 0 Å². The van der Waals surface area contributed by atoms with Crippen LogP contribution in [0.1, 0.15) is 52.0 Å². The van der Waals surface area contributed by atoms with Gasteiger partial charge in [-0.25, -0.2) is 4.79 Å². The molecule has 0 amide bonds. The summed E-state index contributed by atoms with van der Waals surface area (Å²) in [5, 5.41) is 13.2. The Morgan fingerprint density at radius 3 is 2.52 bits per heavy atom. The lowest BCUT2D eigenvalue weighted by molar-refractivity contribution is 0.0698. The molecule has 4 heteroatoms. The molecule has 1 atom stereocenters. The SMILES string of the molecule is CCC(c1ccccn1)c1cccc(C(=O)O)c1Nc1cccc(C)c1C. The van der Waals surface area contributed by atoms with Gasteiger partial charge in [-0.3, -0.25) is 4.98 Å². The second-order valence-electron chi connectivity index (χ2n) is 6.66. The number of aromatic nitrogens is 1. The molecule has 3 rings (SSSR count). The van der Waals surface area contributed by atoms with E-state index in [1.54, 1.807) is 18.3 Å². The van der Waals surface area contributed by atoms with Crippen molar-refractivity contribution in [1.29, 1.82) is 0 Å². The summed E-state index contributed by atoms with van der Waals surface area (Å²) in [4.78, 5) is 16.4. The summed E-state index contributed by atoms with van der Waals surface area (Å²) in [5.41, 5.74) is 5.96. The molecule has 0 radical (unpaired) electrons. The Labute approximate surface area is 159 Å². The number of carbonyl (C=O) groups is 1. The Balaban J connectivity index is 2.16. The van der Waals surface area contributed by atoms with Crippen LogP contribution in [-0.2, 0) is 0 Å². The summed E-state index contributed by atoms with van der Waals surface area (Å²) in [6, 6.07) is 17.3. The molecule has 0 aliphatic rings. The molecule has 2 aromatic carbocycles. The minimum Gasteiger partial charge on any atom is -0.478 e. The summed E-state index contributed by atoms with van der Waals surface area (Å²) in [5.74, 6) is -0.932. The van der Waals surface area contributed by atoms with E-state index in [1.165, 1.54) is 0 Å². The van der Waals surface area contributed by atoms with E-state index in [2.05, 4.69) is 17.2 Å². The lowest BCUT2D eigenvalue weighted by atomic mass is 9.89. The Morgan fingerprint density at radius 1 is 1.07 bits per heavy atom. The molecule has 2 N–H and O–H groups in total. The number of aryl methyl sites for hydroxylation is 1. The maximum atomic E-state index is 11.9. The number of anilines is 2. The molecule has 4 nitrogen and oxygen atoms in total. The number of hydrogen-bond acceptors (Lipinski definition) is 3. The average molecular weight is 360 g/mol. The first-order valence-electron chi connectivity index (χ1n) is 9.13. The molecule has 138 valence electrons. The number of para-hydroxylation sites is 1. The molecule has 27 heavy (non-hydrogen) atoms. The molecule has 1 aromatic heterocycles. The van der Waals surface area contributed by atoms with Gasteiger partial charge in [0, 0.05) is 23.5 Å². The smallest absolute Gasteiger partial charge is 0.337 e. The summed E-state index contributed by atoms with van der Waals surface area (Å²) in [7, 11) is 0. The third-order valence-corrected chi connectivity index (χ3v) is 5.02. The minimum absolute atomic E-state index is 0.0121. The van der Waals surface area contributed by atoms with Crippen LogP contribution in [0.3, 0.4) is 0 Å². The third-order valence-electron chi connectivity index (χ3n) is 5.02. The summed E-state index contributed by atoms with van der Waals surface area (Å²) in [6.07, 6.45) is 2.60. The van der Waals surface area contributed by atoms with E-state index in [9.17, 15) is 9.90 Å². The number of carboxylic acids is 1. The highest BCUT2D eigenvalue weighted by atomic mass is 16.4. The number of nitrogens with zero attached hydrogens (tertiary/aromatic N) is 1. The van der Waals surface area contributed by atoms with Gasteiger partial charge in [0.25, 0.3) is 0 Å². The lowest BCUT2D eigenvalue weighted by Crippen LogP contribution is -2.11. The van der Waals surface area contributed by atoms with Crippen molar-refractivity contribution >= 4 is 17.3 Å². The zero-order chi connectivity index (χ0) is 19.4. The van der Waals surface area contributed by atoms with E-state index >= 15 is 0 Å². The van der Waals surface area contributed by atoms with Crippen molar-refractivity contribution in [2.75, 3.05) is 5.32 Å². The second-order valence-corrected chi connectivity index (χ2v) is 6.66. The molecule has 0 aliphatic carbocycles. The highest BCUT2D eigenvalue weighted by Crippen LogP contribution is 2.36. The molecule has 0 saturated carbocycles. The van der Waals surface area contributed by atoms with Gasteiger partial charge in [-0.2, -0.15) is 0 Å². The molecule has 1 heterocycles. The predicted molar refractivity (Wildman–Crippen MR) is 109 cm³/mol. The largest absolute Gasteiger partial charge is 0.478 e.